The Hall–Kier alpha value is -1.73. The lowest BCUT2D eigenvalue weighted by Crippen LogP contribution is -2.14. The van der Waals surface area contributed by atoms with Crippen molar-refractivity contribution in [2.24, 2.45) is 12.0 Å². The summed E-state index contributed by atoms with van der Waals surface area (Å²) < 4.78 is 7.41. The van der Waals surface area contributed by atoms with Crippen LogP contribution in [0.5, 0.6) is 0 Å². The molecule has 5 nitrogen and oxygen atoms in total. The monoisotopic (exact) mass is 382 g/mol. The summed E-state index contributed by atoms with van der Waals surface area (Å²) >= 11 is 4.48. The fraction of sp³-hybridized carbons (Fsp3) is 0.267. The van der Waals surface area contributed by atoms with Crippen molar-refractivity contribution >= 4 is 39.1 Å². The Balaban J connectivity index is 2.45. The van der Waals surface area contributed by atoms with E-state index in [2.05, 4.69) is 20.9 Å². The average molecular weight is 383 g/mol. The van der Waals surface area contributed by atoms with Gasteiger partial charge < -0.3 is 9.30 Å². The number of esters is 1. The van der Waals surface area contributed by atoms with E-state index in [-0.39, 0.29) is 5.91 Å². The Morgan fingerprint density at radius 3 is 2.68 bits per heavy atom. The lowest BCUT2D eigenvalue weighted by molar-refractivity contribution is 0.0530. The minimum absolute atomic E-state index is 0.308. The van der Waals surface area contributed by atoms with Crippen LogP contribution in [0, 0.1) is 6.92 Å². The third-order valence-electron chi connectivity index (χ3n) is 3.07. The van der Waals surface area contributed by atoms with Gasteiger partial charge >= 0.3 is 5.97 Å². The van der Waals surface area contributed by atoms with Crippen LogP contribution in [0.4, 0.5) is 0 Å². The molecule has 1 aromatic heterocycles. The first-order valence-electron chi connectivity index (χ1n) is 6.62. The summed E-state index contributed by atoms with van der Waals surface area (Å²) in [5, 5.41) is 0. The van der Waals surface area contributed by atoms with E-state index >= 15 is 0 Å². The number of aromatic nitrogens is 1. The van der Waals surface area contributed by atoms with Crippen LogP contribution in [0.2, 0.25) is 0 Å². The lowest BCUT2D eigenvalue weighted by atomic mass is 10.2. The molecular weight excluding hydrogens is 368 g/mol. The van der Waals surface area contributed by atoms with E-state index in [4.69, 9.17) is 4.74 Å². The molecule has 0 aliphatic carbocycles. The summed E-state index contributed by atoms with van der Waals surface area (Å²) in [4.78, 5) is 29.2. The van der Waals surface area contributed by atoms with Gasteiger partial charge in [0.1, 0.15) is 4.88 Å². The van der Waals surface area contributed by atoms with Crippen LogP contribution >= 0.6 is 27.3 Å². The fourth-order valence-electron chi connectivity index (χ4n) is 1.79. The molecule has 22 heavy (non-hydrogen) atoms. The zero-order chi connectivity index (χ0) is 16.3. The van der Waals surface area contributed by atoms with Gasteiger partial charge in [0.25, 0.3) is 5.91 Å². The Labute approximate surface area is 140 Å². The molecule has 0 saturated carbocycles. The zero-order valence-electron chi connectivity index (χ0n) is 12.4. The molecule has 0 radical (unpaired) electrons. The number of carbonyl (C=O) groups excluding carboxylic acids is 2. The lowest BCUT2D eigenvalue weighted by Gasteiger charge is -2.00. The van der Waals surface area contributed by atoms with E-state index in [1.165, 1.54) is 0 Å². The quantitative estimate of drug-likeness (QED) is 0.766. The van der Waals surface area contributed by atoms with E-state index < -0.39 is 5.97 Å². The van der Waals surface area contributed by atoms with Crippen LogP contribution in [-0.4, -0.2) is 23.1 Å². The van der Waals surface area contributed by atoms with Gasteiger partial charge in [0, 0.05) is 17.2 Å². The minimum atomic E-state index is -0.393. The number of halogens is 1. The maximum atomic E-state index is 12.3. The number of thiazole rings is 1. The maximum absolute atomic E-state index is 12.3. The number of benzene rings is 1. The first kappa shape index (κ1) is 16.6. The second-order valence-corrected chi connectivity index (χ2v) is 6.31. The maximum Gasteiger partial charge on any atom is 0.350 e. The second-order valence-electron chi connectivity index (χ2n) is 4.48. The highest BCUT2D eigenvalue weighted by atomic mass is 79.9. The molecule has 0 atom stereocenters. The smallest absolute Gasteiger partial charge is 0.350 e. The third-order valence-corrected chi connectivity index (χ3v) is 4.98. The number of rotatable bonds is 3. The van der Waals surface area contributed by atoms with Crippen LogP contribution in [0.15, 0.2) is 33.7 Å². The first-order valence-corrected chi connectivity index (χ1v) is 8.23. The van der Waals surface area contributed by atoms with Crippen molar-refractivity contribution in [3.05, 3.63) is 49.7 Å². The topological polar surface area (TPSA) is 60.7 Å². The molecule has 2 rings (SSSR count). The number of hydrogen-bond donors (Lipinski definition) is 0. The molecule has 0 fully saturated rings. The van der Waals surface area contributed by atoms with Crippen LogP contribution in [-0.2, 0) is 11.8 Å². The highest BCUT2D eigenvalue weighted by Crippen LogP contribution is 2.17. The van der Waals surface area contributed by atoms with Gasteiger partial charge in [-0.15, -0.1) is 0 Å². The van der Waals surface area contributed by atoms with Crippen molar-refractivity contribution < 1.29 is 14.3 Å². The van der Waals surface area contributed by atoms with Gasteiger partial charge in [-0.05, 0) is 41.9 Å². The van der Waals surface area contributed by atoms with Crippen LogP contribution < -0.4 is 4.80 Å². The Morgan fingerprint density at radius 2 is 2.05 bits per heavy atom. The second kappa shape index (κ2) is 7.02. The zero-order valence-corrected chi connectivity index (χ0v) is 14.8. The number of amides is 1. The molecule has 0 N–H and O–H groups in total. The summed E-state index contributed by atoms with van der Waals surface area (Å²) in [7, 11) is 1.76. The third kappa shape index (κ3) is 3.36. The van der Waals surface area contributed by atoms with Gasteiger partial charge in [0.2, 0.25) is 0 Å². The normalized spacial score (nSPS) is 11.5. The molecule has 1 amide bonds. The van der Waals surface area contributed by atoms with Crippen molar-refractivity contribution in [3.8, 4) is 0 Å². The minimum Gasteiger partial charge on any atom is -0.462 e. The first-order chi connectivity index (χ1) is 10.5. The molecule has 0 saturated heterocycles. The van der Waals surface area contributed by atoms with Gasteiger partial charge in [-0.3, -0.25) is 4.79 Å². The standard InChI is InChI=1S/C15H15BrN2O3S/c1-4-21-14(20)12-9(2)18(3)15(22-12)17-13(19)10-7-5-6-8-11(10)16/h5-8H,4H2,1-3H3. The van der Waals surface area contributed by atoms with Crippen LogP contribution in [0.25, 0.3) is 0 Å². The van der Waals surface area contributed by atoms with E-state index in [9.17, 15) is 9.59 Å². The Bertz CT molecular complexity index is 792. The van der Waals surface area contributed by atoms with E-state index in [0.29, 0.717) is 26.3 Å². The molecule has 0 unspecified atom stereocenters. The van der Waals surface area contributed by atoms with Crippen molar-refractivity contribution in [2.75, 3.05) is 6.61 Å². The molecule has 1 aromatic carbocycles. The Kier molecular flexibility index (Phi) is 5.31. The van der Waals surface area contributed by atoms with Crippen LogP contribution in [0.3, 0.4) is 0 Å². The van der Waals surface area contributed by atoms with E-state index in [1.807, 2.05) is 6.07 Å². The molecule has 2 aromatic rings. The molecular formula is C15H15BrN2O3S. The predicted molar refractivity (Wildman–Crippen MR) is 88.0 cm³/mol. The average Bonchev–Trinajstić information content (AvgIpc) is 2.76. The number of nitrogens with zero attached hydrogens (tertiary/aromatic N) is 2. The van der Waals surface area contributed by atoms with Gasteiger partial charge in [-0.2, -0.15) is 4.99 Å². The number of hydrogen-bond acceptors (Lipinski definition) is 4. The van der Waals surface area contributed by atoms with Crippen molar-refractivity contribution in [2.45, 2.75) is 13.8 Å². The molecule has 0 aliphatic rings. The van der Waals surface area contributed by atoms with Gasteiger partial charge in [-0.1, -0.05) is 23.5 Å². The summed E-state index contributed by atoms with van der Waals surface area (Å²) in [6.07, 6.45) is 0. The SMILES string of the molecule is CCOC(=O)c1sc(=NC(=O)c2ccccc2Br)n(C)c1C. The molecule has 1 heterocycles. The summed E-state index contributed by atoms with van der Waals surface area (Å²) in [5.74, 6) is -0.755. The molecule has 7 heteroatoms. The summed E-state index contributed by atoms with van der Waals surface area (Å²) in [5.41, 5.74) is 1.20. The van der Waals surface area contributed by atoms with Crippen molar-refractivity contribution in [3.63, 3.8) is 0 Å². The van der Waals surface area contributed by atoms with Crippen LogP contribution in [0.1, 0.15) is 32.6 Å². The van der Waals surface area contributed by atoms with Gasteiger partial charge in [0.05, 0.1) is 12.2 Å². The summed E-state index contributed by atoms with van der Waals surface area (Å²) in [6, 6.07) is 7.08. The predicted octanol–water partition coefficient (Wildman–Crippen LogP) is 3.08. The van der Waals surface area contributed by atoms with E-state index in [1.54, 1.807) is 43.7 Å². The summed E-state index contributed by atoms with van der Waals surface area (Å²) in [6.45, 7) is 3.86. The molecule has 0 bridgehead atoms. The number of ether oxygens (including phenoxy) is 1. The van der Waals surface area contributed by atoms with Gasteiger partial charge in [0.15, 0.2) is 4.80 Å². The van der Waals surface area contributed by atoms with Crippen molar-refractivity contribution in [1.29, 1.82) is 0 Å². The highest BCUT2D eigenvalue weighted by Gasteiger charge is 2.17. The van der Waals surface area contributed by atoms with Crippen molar-refractivity contribution in [1.82, 2.24) is 4.57 Å². The fourth-order valence-corrected chi connectivity index (χ4v) is 3.26. The Morgan fingerprint density at radius 1 is 1.36 bits per heavy atom. The molecule has 0 spiro atoms. The number of carbonyl (C=O) groups is 2. The van der Waals surface area contributed by atoms with Gasteiger partial charge in [-0.25, -0.2) is 4.79 Å². The highest BCUT2D eigenvalue weighted by molar-refractivity contribution is 9.10. The molecule has 116 valence electrons. The largest absolute Gasteiger partial charge is 0.462 e. The molecule has 0 aliphatic heterocycles. The van der Waals surface area contributed by atoms with E-state index in [0.717, 1.165) is 17.0 Å².